The van der Waals surface area contributed by atoms with Gasteiger partial charge >= 0.3 is 12.5 Å². The SMILES string of the molecule is CC(C)(F)C[C@]1(c2ccc(-c3ncccn3)cc2F)N=C(N)N([C@H](COC(=O)CC(C)(C)C(F)F)c2ccc(Cl)c(-c3ncnn3C(F)F)c2)C1=O. The number of halogens is 7. The number of benzene rings is 2. The van der Waals surface area contributed by atoms with E-state index in [1.807, 2.05) is 0 Å². The number of aliphatic imine (C=N–C) groups is 1. The van der Waals surface area contributed by atoms with E-state index in [0.717, 1.165) is 45.0 Å². The Kier molecular flexibility index (Phi) is 10.7. The molecular weight excluding hydrogens is 718 g/mol. The van der Waals surface area contributed by atoms with Gasteiger partial charge in [0.15, 0.2) is 23.1 Å². The zero-order chi connectivity index (χ0) is 38.2. The van der Waals surface area contributed by atoms with Gasteiger partial charge in [-0.05, 0) is 43.7 Å². The maximum Gasteiger partial charge on any atom is 0.335 e. The third kappa shape index (κ3) is 7.73. The molecule has 3 heterocycles. The van der Waals surface area contributed by atoms with Gasteiger partial charge < -0.3 is 10.5 Å². The number of carbonyl (C=O) groups is 2. The first-order valence-corrected chi connectivity index (χ1v) is 16.1. The van der Waals surface area contributed by atoms with E-state index >= 15 is 8.78 Å². The number of aromatic nitrogens is 5. The average molecular weight is 751 g/mol. The Balaban J connectivity index is 1.62. The van der Waals surface area contributed by atoms with Crippen LogP contribution >= 0.6 is 11.6 Å². The van der Waals surface area contributed by atoms with Gasteiger partial charge in [0.1, 0.15) is 24.4 Å². The minimum Gasteiger partial charge on any atom is -0.463 e. The van der Waals surface area contributed by atoms with Crippen LogP contribution in [0.25, 0.3) is 22.8 Å². The fraction of sp³-hybridized carbons (Fsp3) is 0.382. The van der Waals surface area contributed by atoms with Gasteiger partial charge in [-0.1, -0.05) is 43.6 Å². The van der Waals surface area contributed by atoms with Gasteiger partial charge in [0.25, 0.3) is 5.91 Å². The molecule has 2 aromatic heterocycles. The van der Waals surface area contributed by atoms with E-state index in [2.05, 4.69) is 25.0 Å². The zero-order valence-electron chi connectivity index (χ0n) is 28.2. The van der Waals surface area contributed by atoms with Crippen molar-refractivity contribution >= 4 is 29.4 Å². The van der Waals surface area contributed by atoms with Crippen molar-refractivity contribution in [3.63, 3.8) is 0 Å². The topological polar surface area (TPSA) is 141 Å². The van der Waals surface area contributed by atoms with Crippen LogP contribution in [0.1, 0.15) is 64.3 Å². The Morgan fingerprint density at radius 2 is 1.73 bits per heavy atom. The van der Waals surface area contributed by atoms with Crippen LogP contribution in [0, 0.1) is 11.2 Å². The maximum atomic E-state index is 16.1. The van der Waals surface area contributed by atoms with Gasteiger partial charge in [-0.25, -0.2) is 37.5 Å². The van der Waals surface area contributed by atoms with Crippen molar-refractivity contribution in [3.05, 3.63) is 83.2 Å². The number of nitrogens with zero attached hydrogens (tertiary/aromatic N) is 7. The number of carbonyl (C=O) groups excluding carboxylic acids is 2. The molecule has 0 spiro atoms. The Bertz CT molecular complexity index is 1990. The van der Waals surface area contributed by atoms with Crippen molar-refractivity contribution in [1.29, 1.82) is 0 Å². The third-order valence-corrected chi connectivity index (χ3v) is 8.65. The summed E-state index contributed by atoms with van der Waals surface area (Å²) in [6.45, 7) is 0.794. The molecule has 4 aromatic rings. The van der Waals surface area contributed by atoms with Gasteiger partial charge in [-0.2, -0.15) is 18.6 Å². The van der Waals surface area contributed by atoms with Crippen molar-refractivity contribution < 1.29 is 40.7 Å². The van der Waals surface area contributed by atoms with E-state index in [1.54, 1.807) is 6.07 Å². The lowest BCUT2D eigenvalue weighted by Gasteiger charge is -2.34. The van der Waals surface area contributed by atoms with E-state index in [-0.39, 0.29) is 38.9 Å². The molecule has 5 rings (SSSR count). The van der Waals surface area contributed by atoms with Gasteiger partial charge in [-0.3, -0.25) is 14.5 Å². The fourth-order valence-electron chi connectivity index (χ4n) is 5.83. The largest absolute Gasteiger partial charge is 0.463 e. The number of nitrogens with two attached hydrogens (primary N) is 1. The standard InChI is InChI=1S/C34H33ClF6N8O3/c1-32(2,28(37)38)14-25(50)52-15-24(18-7-9-22(35)20(12-18)27-45-17-46-49(27)30(39)40)48-29(51)34(47-31(48)42,16-33(3,4)41)21-8-6-19(13-23(21)36)26-43-10-5-11-44-26/h5-13,17,24,28,30H,14-16H2,1-4H3,(H2,42,47)/t24-,34-/m1/s1. The Morgan fingerprint density at radius 3 is 2.35 bits per heavy atom. The third-order valence-electron chi connectivity index (χ3n) is 8.32. The van der Waals surface area contributed by atoms with Crippen LogP contribution in [0.3, 0.4) is 0 Å². The fourth-order valence-corrected chi connectivity index (χ4v) is 6.03. The normalized spacial score (nSPS) is 17.2. The van der Waals surface area contributed by atoms with Gasteiger partial charge in [0.2, 0.25) is 6.43 Å². The Hall–Kier alpha value is -5.06. The highest BCUT2D eigenvalue weighted by molar-refractivity contribution is 6.33. The van der Waals surface area contributed by atoms with Crippen molar-refractivity contribution in [2.24, 2.45) is 16.1 Å². The van der Waals surface area contributed by atoms with Crippen LogP contribution in [0.2, 0.25) is 5.02 Å². The first-order chi connectivity index (χ1) is 24.3. The molecular formula is C34H33ClF6N8O3. The zero-order valence-corrected chi connectivity index (χ0v) is 29.0. The van der Waals surface area contributed by atoms with E-state index < -0.39 is 78.7 Å². The smallest absolute Gasteiger partial charge is 0.335 e. The molecule has 52 heavy (non-hydrogen) atoms. The quantitative estimate of drug-likeness (QED) is 0.113. The Morgan fingerprint density at radius 1 is 1.04 bits per heavy atom. The van der Waals surface area contributed by atoms with Gasteiger partial charge in [-0.15, -0.1) is 0 Å². The highest BCUT2D eigenvalue weighted by Crippen LogP contribution is 2.45. The molecule has 0 fully saturated rings. The van der Waals surface area contributed by atoms with Gasteiger partial charge in [0, 0.05) is 40.9 Å². The molecule has 11 nitrogen and oxygen atoms in total. The Labute approximate surface area is 298 Å². The summed E-state index contributed by atoms with van der Waals surface area (Å²) in [6.07, 6.45) is -0.533. The first-order valence-electron chi connectivity index (χ1n) is 15.7. The number of guanidine groups is 1. The van der Waals surface area contributed by atoms with Crippen LogP contribution < -0.4 is 5.73 Å². The lowest BCUT2D eigenvalue weighted by Crippen LogP contribution is -2.48. The summed E-state index contributed by atoms with van der Waals surface area (Å²) < 4.78 is 92.1. The number of hydrogen-bond acceptors (Lipinski definition) is 9. The summed E-state index contributed by atoms with van der Waals surface area (Å²) >= 11 is 6.38. The first kappa shape index (κ1) is 38.2. The summed E-state index contributed by atoms with van der Waals surface area (Å²) in [5.74, 6) is -3.77. The summed E-state index contributed by atoms with van der Waals surface area (Å²) in [5.41, 5.74) is 0.0703. The van der Waals surface area contributed by atoms with Crippen LogP contribution in [0.4, 0.5) is 26.3 Å². The monoisotopic (exact) mass is 750 g/mol. The number of rotatable bonds is 13. The molecule has 1 aliphatic rings. The minimum atomic E-state index is -3.12. The summed E-state index contributed by atoms with van der Waals surface area (Å²) in [4.78, 5) is 44.9. The van der Waals surface area contributed by atoms with Gasteiger partial charge in [0.05, 0.1) is 17.5 Å². The summed E-state index contributed by atoms with van der Waals surface area (Å²) in [7, 11) is 0. The predicted molar refractivity (Wildman–Crippen MR) is 177 cm³/mol. The van der Waals surface area contributed by atoms with E-state index in [1.165, 1.54) is 42.7 Å². The predicted octanol–water partition coefficient (Wildman–Crippen LogP) is 7.05. The molecule has 0 saturated carbocycles. The van der Waals surface area contributed by atoms with Crippen molar-refractivity contribution in [3.8, 4) is 22.8 Å². The van der Waals surface area contributed by atoms with E-state index in [9.17, 15) is 27.2 Å². The van der Waals surface area contributed by atoms with Crippen LogP contribution in [-0.4, -0.2) is 66.2 Å². The molecule has 0 bridgehead atoms. The molecule has 0 aliphatic carbocycles. The molecule has 0 saturated heterocycles. The average Bonchev–Trinajstić information content (AvgIpc) is 3.64. The number of esters is 1. The molecule has 2 aromatic carbocycles. The molecule has 2 atom stereocenters. The second-order valence-corrected chi connectivity index (χ2v) is 13.8. The van der Waals surface area contributed by atoms with Crippen LogP contribution in [-0.2, 0) is 19.9 Å². The number of amides is 1. The molecule has 2 N–H and O–H groups in total. The van der Waals surface area contributed by atoms with Crippen molar-refractivity contribution in [1.82, 2.24) is 29.6 Å². The molecule has 1 amide bonds. The van der Waals surface area contributed by atoms with Crippen molar-refractivity contribution in [2.45, 2.75) is 70.8 Å². The molecule has 0 unspecified atom stereocenters. The highest BCUT2D eigenvalue weighted by Gasteiger charge is 2.55. The van der Waals surface area contributed by atoms with E-state index in [4.69, 9.17) is 22.1 Å². The lowest BCUT2D eigenvalue weighted by atomic mass is 9.80. The molecule has 276 valence electrons. The maximum absolute atomic E-state index is 16.1. The number of ether oxygens (including phenoxy) is 1. The van der Waals surface area contributed by atoms with Crippen LogP contribution in [0.15, 0.2) is 66.2 Å². The highest BCUT2D eigenvalue weighted by atomic mass is 35.5. The molecule has 0 radical (unpaired) electrons. The second kappa shape index (κ2) is 14.5. The minimum absolute atomic E-state index is 0.0550. The van der Waals surface area contributed by atoms with Crippen LogP contribution in [0.5, 0.6) is 0 Å². The number of hydrogen-bond donors (Lipinski definition) is 1. The van der Waals surface area contributed by atoms with E-state index in [0.29, 0.717) is 4.68 Å². The summed E-state index contributed by atoms with van der Waals surface area (Å²) in [6, 6.07) is 7.78. The molecule has 18 heteroatoms. The lowest BCUT2D eigenvalue weighted by molar-refractivity contribution is -0.152. The number of alkyl halides is 5. The summed E-state index contributed by atoms with van der Waals surface area (Å²) in [5, 5.41) is 3.47. The molecule has 1 aliphatic heterocycles. The second-order valence-electron chi connectivity index (χ2n) is 13.4. The van der Waals surface area contributed by atoms with Crippen molar-refractivity contribution in [2.75, 3.05) is 6.61 Å².